The zero-order chi connectivity index (χ0) is 9.64. The average molecular weight is 201 g/mol. The lowest BCUT2D eigenvalue weighted by molar-refractivity contribution is 0.0995. The van der Waals surface area contributed by atoms with E-state index in [1.807, 2.05) is 0 Å². The van der Waals surface area contributed by atoms with Crippen molar-refractivity contribution >= 4 is 15.7 Å². The summed E-state index contributed by atoms with van der Waals surface area (Å²) >= 11 is 0. The number of hydrogen-bond acceptors (Lipinski definition) is 4. The van der Waals surface area contributed by atoms with E-state index < -0.39 is 15.7 Å². The highest BCUT2D eigenvalue weighted by atomic mass is 32.2. The Balaban J connectivity index is 2.61. The molecule has 0 bridgehead atoms. The fourth-order valence-corrected chi connectivity index (χ4v) is 2.59. The predicted molar refractivity (Wildman–Crippen MR) is 42.8 cm³/mol. The van der Waals surface area contributed by atoms with Crippen LogP contribution in [-0.2, 0) is 16.4 Å². The highest BCUT2D eigenvalue weighted by Crippen LogP contribution is 2.18. The number of primary amides is 1. The third-order valence-corrected chi connectivity index (χ3v) is 3.47. The number of imidazole rings is 1. The van der Waals surface area contributed by atoms with Crippen LogP contribution < -0.4 is 5.73 Å². The van der Waals surface area contributed by atoms with Gasteiger partial charge in [0.2, 0.25) is 15.0 Å². The largest absolute Gasteiger partial charge is 0.364 e. The number of sulfone groups is 1. The van der Waals surface area contributed by atoms with Gasteiger partial charge >= 0.3 is 0 Å². The smallest absolute Gasteiger partial charge is 0.268 e. The number of aromatic nitrogens is 2. The monoisotopic (exact) mass is 201 g/mol. The molecule has 0 unspecified atom stereocenters. The Labute approximate surface area is 74.3 Å². The minimum Gasteiger partial charge on any atom is -0.364 e. The summed E-state index contributed by atoms with van der Waals surface area (Å²) in [5, 5.41) is -0.0544. The quantitative estimate of drug-likeness (QED) is 0.615. The molecule has 0 aliphatic carbocycles. The van der Waals surface area contributed by atoms with E-state index in [4.69, 9.17) is 5.73 Å². The molecule has 0 fully saturated rings. The lowest BCUT2D eigenvalue weighted by Crippen LogP contribution is -2.12. The maximum Gasteiger partial charge on any atom is 0.268 e. The number of hydrogen-bond donors (Lipinski definition) is 1. The molecule has 2 rings (SSSR count). The van der Waals surface area contributed by atoms with Gasteiger partial charge in [-0.1, -0.05) is 0 Å². The molecule has 1 aliphatic heterocycles. The van der Waals surface area contributed by atoms with Crippen LogP contribution in [0.25, 0.3) is 0 Å². The molecule has 1 aliphatic rings. The number of nitrogens with two attached hydrogens (primary N) is 1. The van der Waals surface area contributed by atoms with E-state index in [0.717, 1.165) is 0 Å². The number of amides is 1. The number of carbonyl (C=O) groups is 1. The summed E-state index contributed by atoms with van der Waals surface area (Å²) in [7, 11) is -3.27. The van der Waals surface area contributed by atoms with Gasteiger partial charge in [-0.15, -0.1) is 0 Å². The minimum absolute atomic E-state index is 0.00160. The van der Waals surface area contributed by atoms with E-state index in [2.05, 4.69) is 4.98 Å². The van der Waals surface area contributed by atoms with Gasteiger partial charge in [0.25, 0.3) is 5.91 Å². The van der Waals surface area contributed by atoms with Gasteiger partial charge in [-0.05, 0) is 0 Å². The van der Waals surface area contributed by atoms with Crippen LogP contribution >= 0.6 is 0 Å². The molecular formula is C6H7N3O3S. The van der Waals surface area contributed by atoms with Gasteiger partial charge in [0.15, 0.2) is 0 Å². The Morgan fingerprint density at radius 2 is 2.31 bits per heavy atom. The van der Waals surface area contributed by atoms with Gasteiger partial charge in [-0.2, -0.15) is 0 Å². The maximum absolute atomic E-state index is 11.3. The molecule has 0 saturated heterocycles. The first kappa shape index (κ1) is 8.24. The summed E-state index contributed by atoms with van der Waals surface area (Å²) in [6.07, 6.45) is 1.36. The van der Waals surface area contributed by atoms with Gasteiger partial charge in [-0.3, -0.25) is 4.79 Å². The van der Waals surface area contributed by atoms with Crippen molar-refractivity contribution in [3.05, 3.63) is 11.9 Å². The van der Waals surface area contributed by atoms with Crippen LogP contribution in [0.3, 0.4) is 0 Å². The number of rotatable bonds is 1. The average Bonchev–Trinajstić information content (AvgIpc) is 2.53. The summed E-state index contributed by atoms with van der Waals surface area (Å²) in [4.78, 5) is 14.3. The van der Waals surface area contributed by atoms with E-state index in [1.165, 1.54) is 10.8 Å². The third kappa shape index (κ3) is 1.12. The van der Waals surface area contributed by atoms with Crippen LogP contribution in [0.15, 0.2) is 11.4 Å². The summed E-state index contributed by atoms with van der Waals surface area (Å²) < 4.78 is 23.9. The van der Waals surface area contributed by atoms with Crippen molar-refractivity contribution in [2.24, 2.45) is 5.73 Å². The van der Waals surface area contributed by atoms with Crippen molar-refractivity contribution in [1.82, 2.24) is 9.55 Å². The van der Waals surface area contributed by atoms with Gasteiger partial charge in [0.05, 0.1) is 5.75 Å². The van der Waals surface area contributed by atoms with Crippen molar-refractivity contribution < 1.29 is 13.2 Å². The van der Waals surface area contributed by atoms with Crippen LogP contribution in [0.5, 0.6) is 0 Å². The van der Waals surface area contributed by atoms with Gasteiger partial charge in [0, 0.05) is 12.7 Å². The summed E-state index contributed by atoms with van der Waals surface area (Å²) in [6, 6.07) is 0. The van der Waals surface area contributed by atoms with Crippen LogP contribution in [-0.4, -0.2) is 29.6 Å². The number of nitrogens with zero attached hydrogens (tertiary/aromatic N) is 2. The molecule has 6 nitrogen and oxygen atoms in total. The highest BCUT2D eigenvalue weighted by Gasteiger charge is 2.29. The van der Waals surface area contributed by atoms with Crippen LogP contribution in [0.4, 0.5) is 0 Å². The predicted octanol–water partition coefficient (Wildman–Crippen LogP) is -1.23. The zero-order valence-corrected chi connectivity index (χ0v) is 7.41. The summed E-state index contributed by atoms with van der Waals surface area (Å²) in [5.41, 5.74) is 4.95. The van der Waals surface area contributed by atoms with Gasteiger partial charge in [-0.25, -0.2) is 13.4 Å². The maximum atomic E-state index is 11.3. The highest BCUT2D eigenvalue weighted by molar-refractivity contribution is 7.91. The molecule has 0 radical (unpaired) electrons. The number of aryl methyl sites for hydroxylation is 1. The SMILES string of the molecule is NC(=O)c1cn2c(n1)S(=O)(=O)CC2. The summed E-state index contributed by atoms with van der Waals surface area (Å²) in [5.74, 6) is -0.661. The third-order valence-electron chi connectivity index (χ3n) is 1.87. The lowest BCUT2D eigenvalue weighted by atomic mass is 10.5. The minimum atomic E-state index is -3.27. The second-order valence-corrected chi connectivity index (χ2v) is 4.79. The fraction of sp³-hybridized carbons (Fsp3) is 0.333. The molecule has 0 aromatic carbocycles. The molecule has 0 saturated carbocycles. The molecule has 13 heavy (non-hydrogen) atoms. The lowest BCUT2D eigenvalue weighted by Gasteiger charge is -1.87. The number of carbonyl (C=O) groups excluding carboxylic acids is 1. The molecule has 2 N–H and O–H groups in total. The Morgan fingerprint density at radius 3 is 2.85 bits per heavy atom. The van der Waals surface area contributed by atoms with Crippen molar-refractivity contribution in [1.29, 1.82) is 0 Å². The van der Waals surface area contributed by atoms with Crippen LogP contribution in [0, 0.1) is 0 Å². The van der Waals surface area contributed by atoms with Gasteiger partial charge in [0.1, 0.15) is 5.69 Å². The first-order valence-electron chi connectivity index (χ1n) is 3.60. The Kier molecular flexibility index (Phi) is 1.47. The molecule has 7 heteroatoms. The standard InChI is InChI=1S/C6H7N3O3S/c7-5(10)4-3-9-1-2-13(11,12)6(9)8-4/h3H,1-2H2,(H2,7,10). The number of fused-ring (bicyclic) bond motifs is 1. The first-order chi connectivity index (χ1) is 6.00. The van der Waals surface area contributed by atoms with E-state index in [1.54, 1.807) is 0 Å². The van der Waals surface area contributed by atoms with Crippen molar-refractivity contribution in [2.75, 3.05) is 5.75 Å². The Morgan fingerprint density at radius 1 is 1.62 bits per heavy atom. The first-order valence-corrected chi connectivity index (χ1v) is 5.26. The molecule has 2 heterocycles. The molecule has 0 spiro atoms. The van der Waals surface area contributed by atoms with Gasteiger partial charge < -0.3 is 10.3 Å². The summed E-state index contributed by atoms with van der Waals surface area (Å²) in [6.45, 7) is 0.345. The topological polar surface area (TPSA) is 95.1 Å². The molecule has 1 aromatic heterocycles. The molecular weight excluding hydrogens is 194 g/mol. The van der Waals surface area contributed by atoms with Crippen LogP contribution in [0.2, 0.25) is 0 Å². The second-order valence-electron chi connectivity index (χ2n) is 2.79. The molecule has 1 aromatic rings. The Bertz CT molecular complexity index is 473. The van der Waals surface area contributed by atoms with E-state index in [-0.39, 0.29) is 16.6 Å². The van der Waals surface area contributed by atoms with Crippen molar-refractivity contribution in [3.63, 3.8) is 0 Å². The fourth-order valence-electron chi connectivity index (χ4n) is 1.24. The van der Waals surface area contributed by atoms with Crippen molar-refractivity contribution in [3.8, 4) is 0 Å². The van der Waals surface area contributed by atoms with E-state index in [0.29, 0.717) is 6.54 Å². The molecule has 70 valence electrons. The normalized spacial score (nSPS) is 18.5. The zero-order valence-electron chi connectivity index (χ0n) is 6.60. The Hall–Kier alpha value is -1.37. The van der Waals surface area contributed by atoms with E-state index >= 15 is 0 Å². The second kappa shape index (κ2) is 2.32. The van der Waals surface area contributed by atoms with Crippen molar-refractivity contribution in [2.45, 2.75) is 11.7 Å². The van der Waals surface area contributed by atoms with Crippen LogP contribution in [0.1, 0.15) is 10.5 Å². The molecule has 1 amide bonds. The molecule has 0 atom stereocenters. The van der Waals surface area contributed by atoms with E-state index in [9.17, 15) is 13.2 Å².